The molecule has 13 aromatic rings. The summed E-state index contributed by atoms with van der Waals surface area (Å²) in [5.74, 6) is 0. The van der Waals surface area contributed by atoms with Gasteiger partial charge in [0.25, 0.3) is 0 Å². The van der Waals surface area contributed by atoms with Crippen molar-refractivity contribution in [2.45, 2.75) is 5.41 Å². The highest BCUT2D eigenvalue weighted by Crippen LogP contribution is 2.56. The van der Waals surface area contributed by atoms with E-state index in [1.807, 2.05) is 0 Å². The van der Waals surface area contributed by atoms with Gasteiger partial charge in [-0.25, -0.2) is 0 Å². The molecule has 0 radical (unpaired) electrons. The van der Waals surface area contributed by atoms with E-state index in [1.165, 1.54) is 116 Å². The van der Waals surface area contributed by atoms with Crippen molar-refractivity contribution in [3.05, 3.63) is 289 Å². The second kappa shape index (κ2) is 15.6. The molecule has 322 valence electrons. The zero-order valence-corrected chi connectivity index (χ0v) is 37.8. The minimum atomic E-state index is -0.424. The molecule has 2 heterocycles. The van der Waals surface area contributed by atoms with Gasteiger partial charge in [-0.1, -0.05) is 200 Å². The van der Waals surface area contributed by atoms with Crippen LogP contribution in [-0.2, 0) is 5.41 Å². The van der Waals surface area contributed by atoms with Gasteiger partial charge in [-0.3, -0.25) is 0 Å². The average molecular weight is 877 g/mol. The van der Waals surface area contributed by atoms with E-state index in [-0.39, 0.29) is 0 Å². The Bertz CT molecular complexity index is 4050. The van der Waals surface area contributed by atoms with Crippen LogP contribution in [0.4, 0.5) is 0 Å². The Labute approximate surface area is 401 Å². The molecule has 0 N–H and O–H groups in total. The first-order valence-electron chi connectivity index (χ1n) is 23.9. The Morgan fingerprint density at radius 2 is 0.623 bits per heavy atom. The van der Waals surface area contributed by atoms with Crippen LogP contribution in [0.1, 0.15) is 22.3 Å². The van der Waals surface area contributed by atoms with Crippen LogP contribution in [0.3, 0.4) is 0 Å². The van der Waals surface area contributed by atoms with E-state index in [9.17, 15) is 0 Å². The van der Waals surface area contributed by atoms with Gasteiger partial charge in [0.15, 0.2) is 0 Å². The molecular weight excluding hydrogens is 833 g/mol. The van der Waals surface area contributed by atoms with Crippen molar-refractivity contribution in [3.63, 3.8) is 0 Å². The van der Waals surface area contributed by atoms with E-state index in [4.69, 9.17) is 0 Å². The Hall–Kier alpha value is -8.98. The van der Waals surface area contributed by atoms with Gasteiger partial charge in [-0.05, 0) is 133 Å². The molecular formula is C67H44N2. The maximum atomic E-state index is 2.41. The van der Waals surface area contributed by atoms with Gasteiger partial charge >= 0.3 is 0 Å². The fraction of sp³-hybridized carbons (Fsp3) is 0.0149. The average Bonchev–Trinajstić information content (AvgIpc) is 4.05. The molecule has 0 saturated heterocycles. The number of aromatic nitrogens is 2. The maximum absolute atomic E-state index is 2.41. The fourth-order valence-electron chi connectivity index (χ4n) is 11.7. The van der Waals surface area contributed by atoms with Gasteiger partial charge in [0.2, 0.25) is 0 Å². The van der Waals surface area contributed by atoms with Crippen molar-refractivity contribution < 1.29 is 0 Å². The third kappa shape index (κ3) is 5.99. The molecule has 0 fully saturated rings. The minimum Gasteiger partial charge on any atom is -0.309 e. The van der Waals surface area contributed by atoms with Crippen LogP contribution in [0, 0.1) is 0 Å². The zero-order chi connectivity index (χ0) is 45.5. The molecule has 2 heteroatoms. The van der Waals surface area contributed by atoms with E-state index in [1.54, 1.807) is 0 Å². The van der Waals surface area contributed by atoms with Gasteiger partial charge in [0, 0.05) is 32.9 Å². The SMILES string of the molecule is c1ccc(-n2c3ccccc3c3cc(-c4ccc5c(c4)c4ccccc4n5-c4ccc(-c5ccc(-c6cccc(C7(c8ccccc8)c8ccccc8-c8ccccc87)c6)cc5)cc4)ccc32)cc1. The lowest BCUT2D eigenvalue weighted by Gasteiger charge is -2.34. The monoisotopic (exact) mass is 876 g/mol. The molecule has 0 spiro atoms. The van der Waals surface area contributed by atoms with Crippen LogP contribution in [0.2, 0.25) is 0 Å². The predicted molar refractivity (Wildman–Crippen MR) is 289 cm³/mol. The molecule has 1 aliphatic rings. The summed E-state index contributed by atoms with van der Waals surface area (Å²) in [5, 5.41) is 5.01. The summed E-state index contributed by atoms with van der Waals surface area (Å²) in [6.45, 7) is 0. The molecule has 0 unspecified atom stereocenters. The number of benzene rings is 11. The van der Waals surface area contributed by atoms with Crippen LogP contribution in [0.25, 0.3) is 99.5 Å². The predicted octanol–water partition coefficient (Wildman–Crippen LogP) is 17.2. The summed E-state index contributed by atoms with van der Waals surface area (Å²) in [7, 11) is 0. The summed E-state index contributed by atoms with van der Waals surface area (Å²) in [4.78, 5) is 0. The van der Waals surface area contributed by atoms with Crippen LogP contribution < -0.4 is 0 Å². The Balaban J connectivity index is 0.795. The van der Waals surface area contributed by atoms with E-state index < -0.39 is 5.41 Å². The van der Waals surface area contributed by atoms with E-state index >= 15 is 0 Å². The lowest BCUT2D eigenvalue weighted by atomic mass is 9.67. The first-order chi connectivity index (χ1) is 34.2. The molecule has 2 aromatic heterocycles. The second-order valence-electron chi connectivity index (χ2n) is 18.4. The molecule has 0 amide bonds. The molecule has 0 saturated carbocycles. The molecule has 69 heavy (non-hydrogen) atoms. The van der Waals surface area contributed by atoms with Crippen LogP contribution in [0.5, 0.6) is 0 Å². The number of fused-ring (bicyclic) bond motifs is 9. The highest BCUT2D eigenvalue weighted by Gasteiger charge is 2.45. The lowest BCUT2D eigenvalue weighted by Crippen LogP contribution is -2.28. The molecule has 0 atom stereocenters. The highest BCUT2D eigenvalue weighted by molar-refractivity contribution is 6.12. The lowest BCUT2D eigenvalue weighted by molar-refractivity contribution is 0.769. The number of para-hydroxylation sites is 3. The highest BCUT2D eigenvalue weighted by atomic mass is 15.0. The normalized spacial score (nSPS) is 12.8. The topological polar surface area (TPSA) is 9.86 Å². The first kappa shape index (κ1) is 39.2. The Morgan fingerprint density at radius 1 is 0.232 bits per heavy atom. The van der Waals surface area contributed by atoms with Crippen molar-refractivity contribution in [3.8, 4) is 55.9 Å². The smallest absolute Gasteiger partial charge is 0.0713 e. The van der Waals surface area contributed by atoms with Crippen molar-refractivity contribution in [1.82, 2.24) is 9.13 Å². The van der Waals surface area contributed by atoms with Crippen LogP contribution in [0.15, 0.2) is 267 Å². The first-order valence-corrected chi connectivity index (χ1v) is 23.9. The number of nitrogens with zero attached hydrogens (tertiary/aromatic N) is 2. The van der Waals surface area contributed by atoms with Crippen molar-refractivity contribution >= 4 is 43.6 Å². The Morgan fingerprint density at radius 3 is 1.19 bits per heavy atom. The number of rotatable bonds is 7. The van der Waals surface area contributed by atoms with Gasteiger partial charge < -0.3 is 9.13 Å². The molecule has 11 aromatic carbocycles. The number of hydrogen-bond donors (Lipinski definition) is 0. The van der Waals surface area contributed by atoms with Gasteiger partial charge in [0.05, 0.1) is 27.5 Å². The molecule has 2 nitrogen and oxygen atoms in total. The molecule has 0 bridgehead atoms. The third-order valence-electron chi connectivity index (χ3n) is 14.8. The second-order valence-corrected chi connectivity index (χ2v) is 18.4. The van der Waals surface area contributed by atoms with Crippen LogP contribution in [-0.4, -0.2) is 9.13 Å². The summed E-state index contributed by atoms with van der Waals surface area (Å²) in [6.07, 6.45) is 0. The van der Waals surface area contributed by atoms with Crippen molar-refractivity contribution in [2.24, 2.45) is 0 Å². The van der Waals surface area contributed by atoms with Crippen LogP contribution >= 0.6 is 0 Å². The van der Waals surface area contributed by atoms with Crippen molar-refractivity contribution in [1.29, 1.82) is 0 Å². The summed E-state index contributed by atoms with van der Waals surface area (Å²) < 4.78 is 4.79. The van der Waals surface area contributed by atoms with Gasteiger partial charge in [-0.2, -0.15) is 0 Å². The Kier molecular flexibility index (Phi) is 8.84. The fourth-order valence-corrected chi connectivity index (χ4v) is 11.7. The van der Waals surface area contributed by atoms with E-state index in [0.717, 1.165) is 5.69 Å². The molecule has 0 aliphatic heterocycles. The van der Waals surface area contributed by atoms with Gasteiger partial charge in [-0.15, -0.1) is 0 Å². The largest absolute Gasteiger partial charge is 0.309 e. The van der Waals surface area contributed by atoms with E-state index in [0.29, 0.717) is 0 Å². The maximum Gasteiger partial charge on any atom is 0.0713 e. The summed E-state index contributed by atoms with van der Waals surface area (Å²) in [6, 6.07) is 98.4. The third-order valence-corrected chi connectivity index (χ3v) is 14.8. The standard InChI is InChI=1S/C67H44N2/c1-3-17-51(18-4-1)67(61-26-11-7-22-55(61)56-23-8-12-27-62(56)67)52-19-15-16-48(42-52)47-32-30-45(31-33-47)46-34-38-54(39-35-46)69-64-29-14-10-25-58(64)60-44-50(37-41-66(60)69)49-36-40-65-59(43-49)57-24-9-13-28-63(57)68(65)53-20-5-2-6-21-53/h1-44H. The minimum absolute atomic E-state index is 0.424. The van der Waals surface area contributed by atoms with Gasteiger partial charge in [0.1, 0.15) is 0 Å². The molecule has 1 aliphatic carbocycles. The summed E-state index contributed by atoms with van der Waals surface area (Å²) >= 11 is 0. The quantitative estimate of drug-likeness (QED) is 0.151. The van der Waals surface area contributed by atoms with Crippen molar-refractivity contribution in [2.75, 3.05) is 0 Å². The zero-order valence-electron chi connectivity index (χ0n) is 37.8. The number of hydrogen-bond acceptors (Lipinski definition) is 0. The van der Waals surface area contributed by atoms with E-state index in [2.05, 4.69) is 276 Å². The summed E-state index contributed by atoms with van der Waals surface area (Å²) in [5.41, 5.74) is 21.7. The molecule has 14 rings (SSSR count).